The number of allylic oxidation sites excluding steroid dienone is 1. The van der Waals surface area contributed by atoms with Gasteiger partial charge in [-0.15, -0.1) is 11.3 Å². The van der Waals surface area contributed by atoms with Gasteiger partial charge in [-0.05, 0) is 41.4 Å². The summed E-state index contributed by atoms with van der Waals surface area (Å²) in [6.07, 6.45) is 0.693. The van der Waals surface area contributed by atoms with E-state index in [4.69, 9.17) is 4.74 Å². The number of ketones is 1. The lowest BCUT2D eigenvalue weighted by molar-refractivity contribution is -0.385. The van der Waals surface area contributed by atoms with Gasteiger partial charge in [0.1, 0.15) is 22.8 Å². The number of ether oxygens (including phenoxy) is 1. The number of halogens is 1. The zero-order valence-corrected chi connectivity index (χ0v) is 18.7. The van der Waals surface area contributed by atoms with Crippen molar-refractivity contribution in [2.45, 2.75) is 20.3 Å². The molecular weight excluding hydrogens is 490 g/mol. The molecule has 1 heterocycles. The third-order valence-electron chi connectivity index (χ3n) is 4.12. The number of carbonyl (C=O) groups excluding carboxylic acids is 2. The van der Waals surface area contributed by atoms with E-state index in [0.717, 1.165) is 29.5 Å². The van der Waals surface area contributed by atoms with E-state index in [2.05, 4.69) is 15.9 Å². The first-order valence-corrected chi connectivity index (χ1v) is 10.3. The summed E-state index contributed by atoms with van der Waals surface area (Å²) >= 11 is 3.93. The van der Waals surface area contributed by atoms with Crippen molar-refractivity contribution in [1.29, 1.82) is 10.5 Å². The van der Waals surface area contributed by atoms with Crippen molar-refractivity contribution in [1.82, 2.24) is 0 Å². The Balaban J connectivity index is 2.45. The van der Waals surface area contributed by atoms with Gasteiger partial charge in [0, 0.05) is 29.0 Å². The van der Waals surface area contributed by atoms with Crippen LogP contribution >= 0.6 is 27.3 Å². The van der Waals surface area contributed by atoms with Crippen LogP contribution in [0.15, 0.2) is 22.2 Å². The number of Topliss-reactive ketones (excluding diaryl/α,β-unsaturated/α-hetero) is 1. The molecule has 1 aromatic carbocycles. The van der Waals surface area contributed by atoms with Crippen LogP contribution in [-0.4, -0.2) is 28.4 Å². The molecule has 2 rings (SSSR count). The zero-order valence-electron chi connectivity index (χ0n) is 16.3. The van der Waals surface area contributed by atoms with E-state index >= 15 is 0 Å². The van der Waals surface area contributed by atoms with Gasteiger partial charge >= 0.3 is 5.97 Å². The molecule has 0 saturated carbocycles. The summed E-state index contributed by atoms with van der Waals surface area (Å²) in [7, 11) is 0. The van der Waals surface area contributed by atoms with Gasteiger partial charge in [-0.1, -0.05) is 0 Å². The number of carbonyl (C=O) groups is 2. The Morgan fingerprint density at radius 3 is 2.61 bits per heavy atom. The smallest absolute Gasteiger partial charge is 0.348 e. The molecule has 31 heavy (non-hydrogen) atoms. The van der Waals surface area contributed by atoms with Crippen LogP contribution in [0.2, 0.25) is 0 Å². The summed E-state index contributed by atoms with van der Waals surface area (Å²) in [4.78, 5) is 35.6. The van der Waals surface area contributed by atoms with Crippen LogP contribution in [0.4, 0.5) is 5.69 Å². The summed E-state index contributed by atoms with van der Waals surface area (Å²) in [5.74, 6) is -1.67. The summed E-state index contributed by atoms with van der Waals surface area (Å²) in [6.45, 7) is 3.35. The van der Waals surface area contributed by atoms with Gasteiger partial charge in [-0.3, -0.25) is 14.9 Å². The number of nitro benzene ring substituents is 1. The number of aromatic hydroxyl groups is 1. The molecule has 0 aliphatic carbocycles. The maximum Gasteiger partial charge on any atom is 0.348 e. The average molecular weight is 504 g/mol. The van der Waals surface area contributed by atoms with E-state index in [1.54, 1.807) is 19.9 Å². The number of nitrogens with zero attached hydrogens (tertiary/aromatic N) is 3. The van der Waals surface area contributed by atoms with Crippen molar-refractivity contribution in [3.8, 4) is 17.9 Å². The summed E-state index contributed by atoms with van der Waals surface area (Å²) < 4.78 is 4.98. The van der Waals surface area contributed by atoms with Crippen LogP contribution in [0, 0.1) is 39.7 Å². The lowest BCUT2D eigenvalue weighted by Gasteiger charge is -2.04. The zero-order chi connectivity index (χ0) is 23.3. The molecule has 1 aromatic heterocycles. The Bertz CT molecular complexity index is 1200. The maximum atomic E-state index is 12.7. The van der Waals surface area contributed by atoms with E-state index in [-0.39, 0.29) is 50.5 Å². The van der Waals surface area contributed by atoms with Crippen LogP contribution < -0.4 is 0 Å². The van der Waals surface area contributed by atoms with Crippen molar-refractivity contribution in [3.05, 3.63) is 58.7 Å². The fourth-order valence-electron chi connectivity index (χ4n) is 2.63. The number of thiophene rings is 1. The fraction of sp³-hybridized carbons (Fsp3) is 0.200. The second-order valence-corrected chi connectivity index (χ2v) is 8.04. The van der Waals surface area contributed by atoms with Gasteiger partial charge in [0.15, 0.2) is 5.78 Å². The fourth-order valence-corrected chi connectivity index (χ4v) is 4.24. The first-order chi connectivity index (χ1) is 14.6. The summed E-state index contributed by atoms with van der Waals surface area (Å²) in [5.41, 5.74) is -0.284. The van der Waals surface area contributed by atoms with Crippen molar-refractivity contribution in [2.24, 2.45) is 0 Å². The average Bonchev–Trinajstić information content (AvgIpc) is 3.03. The number of rotatable bonds is 7. The van der Waals surface area contributed by atoms with Crippen LogP contribution in [0.3, 0.4) is 0 Å². The largest absolute Gasteiger partial charge is 0.506 e. The number of benzene rings is 1. The number of nitriles is 2. The van der Waals surface area contributed by atoms with Gasteiger partial charge in [-0.25, -0.2) is 4.79 Å². The minimum absolute atomic E-state index is 0.0254. The van der Waals surface area contributed by atoms with E-state index in [1.165, 1.54) is 0 Å². The lowest BCUT2D eigenvalue weighted by atomic mass is 10.0. The van der Waals surface area contributed by atoms with E-state index in [9.17, 15) is 35.3 Å². The van der Waals surface area contributed by atoms with Gasteiger partial charge in [0.05, 0.1) is 27.1 Å². The van der Waals surface area contributed by atoms with Crippen molar-refractivity contribution in [3.63, 3.8) is 0 Å². The molecule has 0 fully saturated rings. The second kappa shape index (κ2) is 9.98. The summed E-state index contributed by atoms with van der Waals surface area (Å²) in [6, 6.07) is 5.79. The van der Waals surface area contributed by atoms with E-state index < -0.39 is 16.7 Å². The van der Waals surface area contributed by atoms with Crippen molar-refractivity contribution in [2.75, 3.05) is 6.61 Å². The highest BCUT2D eigenvalue weighted by atomic mass is 79.9. The van der Waals surface area contributed by atoms with E-state index in [0.29, 0.717) is 10.4 Å². The number of hydrogen-bond donors (Lipinski definition) is 1. The molecule has 0 spiro atoms. The van der Waals surface area contributed by atoms with Crippen LogP contribution in [0.25, 0.3) is 6.08 Å². The number of nitro groups is 1. The highest BCUT2D eigenvalue weighted by Gasteiger charge is 2.24. The van der Waals surface area contributed by atoms with Crippen molar-refractivity contribution >= 4 is 50.8 Å². The Morgan fingerprint density at radius 2 is 2.06 bits per heavy atom. The Labute approximate surface area is 189 Å². The molecular formula is C20H14BrN3O6S. The Morgan fingerprint density at radius 1 is 1.39 bits per heavy atom. The van der Waals surface area contributed by atoms with Gasteiger partial charge in [0.25, 0.3) is 5.69 Å². The molecule has 0 bridgehead atoms. The topological polar surface area (TPSA) is 154 Å². The molecule has 2 aromatic rings. The highest BCUT2D eigenvalue weighted by molar-refractivity contribution is 9.10. The molecule has 1 N–H and O–H groups in total. The molecule has 158 valence electrons. The van der Waals surface area contributed by atoms with Gasteiger partial charge in [0.2, 0.25) is 0 Å². The monoisotopic (exact) mass is 503 g/mol. The molecule has 11 heteroatoms. The van der Waals surface area contributed by atoms with Crippen LogP contribution in [0.5, 0.6) is 5.75 Å². The number of non-ortho nitro benzene ring substituents is 1. The number of hydrogen-bond acceptors (Lipinski definition) is 9. The number of phenolic OH excluding ortho intramolecular Hbond substituents is 1. The van der Waals surface area contributed by atoms with Gasteiger partial charge < -0.3 is 9.84 Å². The van der Waals surface area contributed by atoms with E-state index in [1.807, 2.05) is 6.07 Å². The second-order valence-electron chi connectivity index (χ2n) is 6.08. The molecule has 0 radical (unpaired) electrons. The SMILES string of the molecule is CCOC(=O)c1sc(CC(=O)/C(C#N)=C/c2cc([N+](=O)[O-])cc(Br)c2O)c(C#N)c1C. The van der Waals surface area contributed by atoms with Gasteiger partial charge in [-0.2, -0.15) is 10.5 Å². The first kappa shape index (κ1) is 23.7. The van der Waals surface area contributed by atoms with Crippen molar-refractivity contribution < 1.29 is 24.4 Å². The molecule has 0 aliphatic rings. The highest BCUT2D eigenvalue weighted by Crippen LogP contribution is 2.34. The normalized spacial score (nSPS) is 10.8. The standard InChI is InChI=1S/C20H14BrN3O6S/c1-3-30-20(27)19-10(2)14(9-23)17(31-19)7-16(25)12(8-22)4-11-5-13(24(28)29)6-15(21)18(11)26/h4-6,26H,3,7H2,1-2H3/b12-4+. The molecule has 0 aliphatic heterocycles. The minimum atomic E-state index is -0.683. The predicted molar refractivity (Wildman–Crippen MR) is 114 cm³/mol. The quantitative estimate of drug-likeness (QED) is 0.193. The molecule has 0 amide bonds. The molecule has 9 nitrogen and oxygen atoms in total. The molecule has 0 atom stereocenters. The third-order valence-corrected chi connectivity index (χ3v) is 6.00. The predicted octanol–water partition coefficient (Wildman–Crippen LogP) is 4.20. The lowest BCUT2D eigenvalue weighted by Crippen LogP contribution is -2.05. The number of phenols is 1. The Kier molecular flexibility index (Phi) is 7.64. The molecule has 0 saturated heterocycles. The number of esters is 1. The first-order valence-electron chi connectivity index (χ1n) is 8.65. The summed E-state index contributed by atoms with van der Waals surface area (Å²) in [5, 5.41) is 40.0. The van der Waals surface area contributed by atoms with Crippen LogP contribution in [0.1, 0.15) is 38.2 Å². The maximum absolute atomic E-state index is 12.7. The minimum Gasteiger partial charge on any atom is -0.506 e. The van der Waals surface area contributed by atoms with Crippen LogP contribution in [-0.2, 0) is 16.0 Å². The molecule has 0 unspecified atom stereocenters. The Hall–Kier alpha value is -3.54. The third kappa shape index (κ3) is 5.15.